The number of aromatic nitrogens is 3. The van der Waals surface area contributed by atoms with Gasteiger partial charge in [-0.25, -0.2) is 4.98 Å². The van der Waals surface area contributed by atoms with Crippen molar-refractivity contribution in [3.63, 3.8) is 0 Å². The summed E-state index contributed by atoms with van der Waals surface area (Å²) in [6, 6.07) is 11.0. The summed E-state index contributed by atoms with van der Waals surface area (Å²) in [6.45, 7) is 2.08. The first-order valence-corrected chi connectivity index (χ1v) is 11.0. The summed E-state index contributed by atoms with van der Waals surface area (Å²) in [5.74, 6) is 1.22. The van der Waals surface area contributed by atoms with Gasteiger partial charge < -0.3 is 23.8 Å². The number of rotatable bonds is 6. The minimum Gasteiger partial charge on any atom is -0.493 e. The van der Waals surface area contributed by atoms with Gasteiger partial charge in [0.25, 0.3) is 0 Å². The van der Waals surface area contributed by atoms with Crippen LogP contribution in [-0.4, -0.2) is 38.5 Å². The number of hydrogen-bond donors (Lipinski definition) is 2. The van der Waals surface area contributed by atoms with Crippen molar-refractivity contribution in [2.75, 3.05) is 14.2 Å². The van der Waals surface area contributed by atoms with E-state index >= 15 is 0 Å². The molecule has 1 unspecified atom stereocenters. The number of imidazole rings is 1. The molecule has 0 amide bonds. The van der Waals surface area contributed by atoms with Gasteiger partial charge in [-0.05, 0) is 24.1 Å². The van der Waals surface area contributed by atoms with E-state index in [4.69, 9.17) is 9.47 Å². The molecule has 0 radical (unpaired) electrons. The molecule has 2 aromatic heterocycles. The number of ether oxygens (including phenoxy) is 2. The minimum absolute atomic E-state index is 0.550. The van der Waals surface area contributed by atoms with Gasteiger partial charge in [-0.3, -0.25) is 9.55 Å². The van der Waals surface area contributed by atoms with Crippen LogP contribution in [0.2, 0.25) is 0 Å². The molecular weight excluding hydrogens is 405 g/mol. The third-order valence-electron chi connectivity index (χ3n) is 5.27. The Kier molecular flexibility index (Phi) is 5.24. The van der Waals surface area contributed by atoms with Gasteiger partial charge in [0.1, 0.15) is 5.52 Å². The van der Waals surface area contributed by atoms with Crippen LogP contribution in [-0.2, 0) is 11.1 Å². The van der Waals surface area contributed by atoms with Crippen LogP contribution in [0.15, 0.2) is 48.9 Å². The molecule has 2 N–H and O–H groups in total. The van der Waals surface area contributed by atoms with Crippen molar-refractivity contribution in [1.29, 1.82) is 0 Å². The van der Waals surface area contributed by atoms with Gasteiger partial charge in [0.2, 0.25) is 0 Å². The average molecular weight is 427 g/mol. The predicted molar refractivity (Wildman–Crippen MR) is 114 cm³/mol. The molecule has 0 bridgehead atoms. The summed E-state index contributed by atoms with van der Waals surface area (Å²) in [5.41, 5.74) is 3.22. The quantitative estimate of drug-likeness (QED) is 0.450. The molecule has 2 aromatic carbocycles. The second-order valence-corrected chi connectivity index (χ2v) is 9.05. The maximum atomic E-state index is 11.5. The van der Waals surface area contributed by atoms with E-state index in [9.17, 15) is 14.4 Å². The van der Waals surface area contributed by atoms with Gasteiger partial charge in [-0.1, -0.05) is 24.3 Å². The Labute approximate surface area is 173 Å². The largest absolute Gasteiger partial charge is 0.493 e. The maximum Gasteiger partial charge on any atom is 0.332 e. The molecule has 4 rings (SSSR count). The highest BCUT2D eigenvalue weighted by Gasteiger charge is 2.25. The van der Waals surface area contributed by atoms with E-state index in [1.807, 2.05) is 28.8 Å². The smallest absolute Gasteiger partial charge is 0.332 e. The SMILES string of the molecule is COc1cc2ncc3ncn(Cc4ccc(C(C)P(=O)(O)O)cc4)c3c2cc1OC. The molecule has 9 heteroatoms. The summed E-state index contributed by atoms with van der Waals surface area (Å²) < 4.78 is 24.3. The Hall–Kier alpha value is -2.93. The van der Waals surface area contributed by atoms with E-state index in [2.05, 4.69) is 9.97 Å². The Morgan fingerprint density at radius 3 is 2.33 bits per heavy atom. The van der Waals surface area contributed by atoms with Crippen LogP contribution in [0.1, 0.15) is 23.7 Å². The highest BCUT2D eigenvalue weighted by atomic mass is 31.2. The highest BCUT2D eigenvalue weighted by molar-refractivity contribution is 7.52. The van der Waals surface area contributed by atoms with Crippen molar-refractivity contribution in [2.24, 2.45) is 0 Å². The fourth-order valence-electron chi connectivity index (χ4n) is 3.49. The molecular formula is C21H22N3O5P. The first-order chi connectivity index (χ1) is 14.3. The maximum absolute atomic E-state index is 11.5. The van der Waals surface area contributed by atoms with Gasteiger partial charge in [-0.15, -0.1) is 0 Å². The summed E-state index contributed by atoms with van der Waals surface area (Å²) in [4.78, 5) is 27.7. The number of methoxy groups -OCH3 is 2. The van der Waals surface area contributed by atoms with Crippen LogP contribution in [0.4, 0.5) is 0 Å². The Bertz CT molecular complexity index is 1260. The van der Waals surface area contributed by atoms with Crippen molar-refractivity contribution >= 4 is 29.5 Å². The van der Waals surface area contributed by atoms with Gasteiger partial charge in [0, 0.05) is 18.0 Å². The van der Waals surface area contributed by atoms with Crippen LogP contribution in [0.25, 0.3) is 21.9 Å². The van der Waals surface area contributed by atoms with E-state index in [1.54, 1.807) is 38.9 Å². The van der Waals surface area contributed by atoms with Crippen LogP contribution in [0, 0.1) is 0 Å². The third-order valence-corrected chi connectivity index (χ3v) is 6.58. The normalized spacial score (nSPS) is 13.0. The van der Waals surface area contributed by atoms with Crippen LogP contribution in [0.5, 0.6) is 11.5 Å². The van der Waals surface area contributed by atoms with Crippen LogP contribution >= 0.6 is 7.60 Å². The molecule has 0 spiro atoms. The fraction of sp³-hybridized carbons (Fsp3) is 0.238. The van der Waals surface area contributed by atoms with Crippen molar-refractivity contribution < 1.29 is 23.8 Å². The van der Waals surface area contributed by atoms with E-state index < -0.39 is 13.3 Å². The molecule has 0 saturated carbocycles. The molecule has 0 saturated heterocycles. The summed E-state index contributed by atoms with van der Waals surface area (Å²) >= 11 is 0. The number of pyridine rings is 1. The highest BCUT2D eigenvalue weighted by Crippen LogP contribution is 2.51. The van der Waals surface area contributed by atoms with Crippen molar-refractivity contribution in [3.8, 4) is 11.5 Å². The van der Waals surface area contributed by atoms with Crippen molar-refractivity contribution in [1.82, 2.24) is 14.5 Å². The fourth-order valence-corrected chi connectivity index (χ4v) is 4.05. The lowest BCUT2D eigenvalue weighted by Crippen LogP contribution is -2.00. The number of fused-ring (bicyclic) bond motifs is 3. The average Bonchev–Trinajstić information content (AvgIpc) is 3.15. The lowest BCUT2D eigenvalue weighted by Gasteiger charge is -2.14. The van der Waals surface area contributed by atoms with Gasteiger partial charge >= 0.3 is 7.60 Å². The summed E-state index contributed by atoms with van der Waals surface area (Å²) in [6.07, 6.45) is 3.49. The van der Waals surface area contributed by atoms with Gasteiger partial charge in [0.05, 0.1) is 43.4 Å². The van der Waals surface area contributed by atoms with Crippen LogP contribution in [0.3, 0.4) is 0 Å². The van der Waals surface area contributed by atoms with E-state index in [0.717, 1.165) is 27.5 Å². The minimum atomic E-state index is -4.17. The molecule has 4 aromatic rings. The molecule has 30 heavy (non-hydrogen) atoms. The second kappa shape index (κ2) is 7.72. The first kappa shape index (κ1) is 20.3. The van der Waals surface area contributed by atoms with Crippen molar-refractivity contribution in [2.45, 2.75) is 19.1 Å². The number of hydrogen-bond acceptors (Lipinski definition) is 5. The van der Waals surface area contributed by atoms with Crippen molar-refractivity contribution in [3.05, 3.63) is 60.0 Å². The molecule has 1 atom stereocenters. The van der Waals surface area contributed by atoms with Crippen LogP contribution < -0.4 is 9.47 Å². The third kappa shape index (κ3) is 3.65. The molecule has 0 aliphatic heterocycles. The van der Waals surface area contributed by atoms with Gasteiger partial charge in [0.15, 0.2) is 11.5 Å². The lowest BCUT2D eigenvalue weighted by atomic mass is 10.1. The standard InChI is InChI=1S/C21H22N3O5P/c1-13(30(25,26)27)15-6-4-14(5-7-15)11-24-12-23-18-10-22-17-9-20(29-3)19(28-2)8-16(17)21(18)24/h4-10,12-13H,11H2,1-3H3,(H2,25,26,27). The summed E-state index contributed by atoms with van der Waals surface area (Å²) in [7, 11) is -0.991. The molecule has 8 nitrogen and oxygen atoms in total. The van der Waals surface area contributed by atoms with Gasteiger partial charge in [-0.2, -0.15) is 0 Å². The van der Waals surface area contributed by atoms with E-state index in [-0.39, 0.29) is 0 Å². The topological polar surface area (TPSA) is 107 Å². The molecule has 0 aliphatic carbocycles. The Balaban J connectivity index is 1.74. The molecule has 0 aliphatic rings. The summed E-state index contributed by atoms with van der Waals surface area (Å²) in [5, 5.41) is 0.898. The van der Waals surface area contributed by atoms with E-state index in [0.29, 0.717) is 23.6 Å². The first-order valence-electron chi connectivity index (χ1n) is 9.31. The lowest BCUT2D eigenvalue weighted by molar-refractivity contribution is 0.356. The monoisotopic (exact) mass is 427 g/mol. The number of benzene rings is 2. The Morgan fingerprint density at radius 1 is 1.03 bits per heavy atom. The zero-order valence-corrected chi connectivity index (χ0v) is 17.7. The number of nitrogens with zero attached hydrogens (tertiary/aromatic N) is 3. The zero-order valence-electron chi connectivity index (χ0n) is 16.8. The predicted octanol–water partition coefficient (Wildman–Crippen LogP) is 3.89. The zero-order chi connectivity index (χ0) is 21.5. The van der Waals surface area contributed by atoms with E-state index in [1.165, 1.54) is 6.92 Å². The molecule has 156 valence electrons. The molecule has 2 heterocycles. The Morgan fingerprint density at radius 2 is 1.70 bits per heavy atom. The molecule has 0 fully saturated rings. The second-order valence-electron chi connectivity index (χ2n) is 7.10.